The lowest BCUT2D eigenvalue weighted by Crippen LogP contribution is -2.48. The topological polar surface area (TPSA) is 83.1 Å². The van der Waals surface area contributed by atoms with Crippen LogP contribution in [0, 0.1) is 0 Å². The second kappa shape index (κ2) is 7.25. The maximum Gasteiger partial charge on any atom is 0.257 e. The molecule has 2 saturated heterocycles. The fourth-order valence-electron chi connectivity index (χ4n) is 3.88. The van der Waals surface area contributed by atoms with Crippen LogP contribution in [0.1, 0.15) is 46.4 Å². The Morgan fingerprint density at radius 2 is 1.77 bits per heavy atom. The number of nitrogens with one attached hydrogen (secondary N) is 3. The van der Waals surface area contributed by atoms with E-state index in [0.29, 0.717) is 28.9 Å². The Morgan fingerprint density at radius 3 is 2.50 bits per heavy atom. The number of rotatable bonds is 4. The van der Waals surface area contributed by atoms with Crippen LogP contribution in [0.25, 0.3) is 0 Å². The van der Waals surface area contributed by atoms with Gasteiger partial charge in [0.25, 0.3) is 11.8 Å². The normalized spacial score (nSPS) is 24.1. The number of fused-ring (bicyclic) bond motifs is 2. The molecule has 2 aliphatic heterocycles. The molecule has 2 atom stereocenters. The van der Waals surface area contributed by atoms with Crippen molar-refractivity contribution in [1.82, 2.24) is 15.6 Å². The molecule has 2 aliphatic rings. The second-order valence-electron chi connectivity index (χ2n) is 7.06. The minimum Gasteiger partial charge on any atom is -0.349 e. The first-order valence-electron chi connectivity index (χ1n) is 9.06. The van der Waals surface area contributed by atoms with Crippen LogP contribution >= 0.6 is 0 Å². The van der Waals surface area contributed by atoms with E-state index >= 15 is 0 Å². The minimum absolute atomic E-state index is 0.0891. The van der Waals surface area contributed by atoms with Crippen molar-refractivity contribution in [3.05, 3.63) is 59.9 Å². The summed E-state index contributed by atoms with van der Waals surface area (Å²) in [7, 11) is 0. The summed E-state index contributed by atoms with van der Waals surface area (Å²) in [5, 5.41) is 9.53. The van der Waals surface area contributed by atoms with E-state index in [1.807, 2.05) is 0 Å². The van der Waals surface area contributed by atoms with E-state index in [9.17, 15) is 9.59 Å². The summed E-state index contributed by atoms with van der Waals surface area (Å²) in [6.07, 6.45) is 7.51. The smallest absolute Gasteiger partial charge is 0.257 e. The van der Waals surface area contributed by atoms with Crippen LogP contribution in [-0.2, 0) is 0 Å². The van der Waals surface area contributed by atoms with Crippen LogP contribution in [0.5, 0.6) is 0 Å². The number of hydrogen-bond acceptors (Lipinski definition) is 4. The van der Waals surface area contributed by atoms with Gasteiger partial charge in [-0.3, -0.25) is 14.6 Å². The molecule has 2 bridgehead atoms. The lowest BCUT2D eigenvalue weighted by molar-refractivity contribution is 0.0923. The molecule has 1 aromatic heterocycles. The molecule has 26 heavy (non-hydrogen) atoms. The summed E-state index contributed by atoms with van der Waals surface area (Å²) >= 11 is 0. The number of benzene rings is 1. The van der Waals surface area contributed by atoms with E-state index in [4.69, 9.17) is 0 Å². The molecule has 0 spiro atoms. The number of piperidine rings is 1. The number of nitrogens with zero attached hydrogens (tertiary/aromatic N) is 1. The number of hydrogen-bond donors (Lipinski definition) is 3. The minimum atomic E-state index is -0.245. The van der Waals surface area contributed by atoms with Crippen molar-refractivity contribution in [2.75, 3.05) is 5.32 Å². The molecule has 6 nitrogen and oxygen atoms in total. The number of anilines is 1. The van der Waals surface area contributed by atoms with Crippen molar-refractivity contribution in [3.8, 4) is 0 Å². The summed E-state index contributed by atoms with van der Waals surface area (Å²) in [4.78, 5) is 28.8. The average molecular weight is 350 g/mol. The van der Waals surface area contributed by atoms with E-state index in [-0.39, 0.29) is 17.9 Å². The van der Waals surface area contributed by atoms with Gasteiger partial charge in [-0.25, -0.2) is 0 Å². The zero-order valence-electron chi connectivity index (χ0n) is 14.4. The standard InChI is InChI=1S/C20H22N4O2/c25-19(24-18-10-16-6-7-17(11-18)22-16)13-3-1-5-15(9-13)23-20(26)14-4-2-8-21-12-14/h1-5,8-9,12,16-18,22H,6-7,10-11H2,(H,23,26)(H,24,25). The fourth-order valence-corrected chi connectivity index (χ4v) is 3.88. The zero-order chi connectivity index (χ0) is 17.9. The Bertz CT molecular complexity index is 796. The van der Waals surface area contributed by atoms with Crippen molar-refractivity contribution in [1.29, 1.82) is 0 Å². The monoisotopic (exact) mass is 350 g/mol. The highest BCUT2D eigenvalue weighted by molar-refractivity contribution is 6.04. The van der Waals surface area contributed by atoms with Crippen LogP contribution in [0.2, 0.25) is 0 Å². The first kappa shape index (κ1) is 16.7. The van der Waals surface area contributed by atoms with Gasteiger partial charge >= 0.3 is 0 Å². The number of pyridine rings is 1. The molecular weight excluding hydrogens is 328 g/mol. The SMILES string of the molecule is O=C(Nc1cccc(C(=O)NC2CC3CCC(C2)N3)c1)c1cccnc1. The molecule has 2 unspecified atom stereocenters. The molecule has 0 radical (unpaired) electrons. The fraction of sp³-hybridized carbons (Fsp3) is 0.350. The second-order valence-corrected chi connectivity index (χ2v) is 7.06. The lowest BCUT2D eigenvalue weighted by Gasteiger charge is -2.29. The average Bonchev–Trinajstić information content (AvgIpc) is 3.01. The Kier molecular flexibility index (Phi) is 4.67. The lowest BCUT2D eigenvalue weighted by atomic mass is 9.99. The molecule has 3 heterocycles. The molecule has 2 aromatic rings. The number of amides is 2. The van der Waals surface area contributed by atoms with Crippen LogP contribution in [0.4, 0.5) is 5.69 Å². The number of aromatic nitrogens is 1. The summed E-state index contributed by atoms with van der Waals surface area (Å²) in [6.45, 7) is 0. The van der Waals surface area contributed by atoms with Crippen molar-refractivity contribution in [3.63, 3.8) is 0 Å². The van der Waals surface area contributed by atoms with Gasteiger partial charge in [-0.15, -0.1) is 0 Å². The van der Waals surface area contributed by atoms with E-state index in [1.54, 1.807) is 42.6 Å². The maximum absolute atomic E-state index is 12.6. The first-order valence-corrected chi connectivity index (χ1v) is 9.06. The Morgan fingerprint density at radius 1 is 1.00 bits per heavy atom. The van der Waals surface area contributed by atoms with Crippen molar-refractivity contribution in [2.24, 2.45) is 0 Å². The van der Waals surface area contributed by atoms with E-state index in [1.165, 1.54) is 19.0 Å². The Labute approximate surface area is 152 Å². The highest BCUT2D eigenvalue weighted by Gasteiger charge is 2.34. The molecule has 3 N–H and O–H groups in total. The molecule has 4 rings (SSSR count). The van der Waals surface area contributed by atoms with Gasteiger partial charge in [-0.2, -0.15) is 0 Å². The molecule has 2 amide bonds. The molecule has 6 heteroatoms. The molecule has 0 saturated carbocycles. The first-order chi connectivity index (χ1) is 12.7. The van der Waals surface area contributed by atoms with Crippen LogP contribution < -0.4 is 16.0 Å². The van der Waals surface area contributed by atoms with Gasteiger partial charge in [-0.05, 0) is 56.0 Å². The number of carbonyl (C=O) groups excluding carboxylic acids is 2. The summed E-state index contributed by atoms with van der Waals surface area (Å²) < 4.78 is 0. The highest BCUT2D eigenvalue weighted by Crippen LogP contribution is 2.27. The Balaban J connectivity index is 1.40. The third kappa shape index (κ3) is 3.75. The molecule has 1 aromatic carbocycles. The molecular formula is C20H22N4O2. The largest absolute Gasteiger partial charge is 0.349 e. The van der Waals surface area contributed by atoms with Gasteiger partial charge in [0.2, 0.25) is 0 Å². The summed E-state index contributed by atoms with van der Waals surface area (Å²) in [6, 6.07) is 11.7. The zero-order valence-corrected chi connectivity index (χ0v) is 14.4. The van der Waals surface area contributed by atoms with Crippen molar-refractivity contribution < 1.29 is 9.59 Å². The Hall–Kier alpha value is -2.73. The van der Waals surface area contributed by atoms with E-state index < -0.39 is 0 Å². The van der Waals surface area contributed by atoms with Gasteiger partial charge < -0.3 is 16.0 Å². The van der Waals surface area contributed by atoms with E-state index in [2.05, 4.69) is 20.9 Å². The van der Waals surface area contributed by atoms with Gasteiger partial charge in [0.1, 0.15) is 0 Å². The van der Waals surface area contributed by atoms with Crippen LogP contribution in [0.15, 0.2) is 48.8 Å². The van der Waals surface area contributed by atoms with E-state index in [0.717, 1.165) is 12.8 Å². The van der Waals surface area contributed by atoms with Crippen LogP contribution in [-0.4, -0.2) is 34.9 Å². The highest BCUT2D eigenvalue weighted by atomic mass is 16.2. The maximum atomic E-state index is 12.6. The summed E-state index contributed by atoms with van der Waals surface area (Å²) in [5.41, 5.74) is 1.63. The van der Waals surface area contributed by atoms with Gasteiger partial charge in [0, 0.05) is 41.8 Å². The van der Waals surface area contributed by atoms with Gasteiger partial charge in [0.05, 0.1) is 5.56 Å². The third-order valence-electron chi connectivity index (χ3n) is 5.11. The predicted molar refractivity (Wildman–Crippen MR) is 99.1 cm³/mol. The molecule has 2 fully saturated rings. The quantitative estimate of drug-likeness (QED) is 0.790. The summed E-state index contributed by atoms with van der Waals surface area (Å²) in [5.74, 6) is -0.334. The van der Waals surface area contributed by atoms with Crippen molar-refractivity contribution in [2.45, 2.75) is 43.8 Å². The van der Waals surface area contributed by atoms with Gasteiger partial charge in [0.15, 0.2) is 0 Å². The molecule has 0 aliphatic carbocycles. The van der Waals surface area contributed by atoms with Gasteiger partial charge in [-0.1, -0.05) is 6.07 Å². The predicted octanol–water partition coefficient (Wildman–Crippen LogP) is 2.35. The van der Waals surface area contributed by atoms with Crippen LogP contribution in [0.3, 0.4) is 0 Å². The van der Waals surface area contributed by atoms with Crippen molar-refractivity contribution >= 4 is 17.5 Å². The number of carbonyl (C=O) groups is 2. The molecule has 134 valence electrons. The third-order valence-corrected chi connectivity index (χ3v) is 5.11.